The van der Waals surface area contributed by atoms with Gasteiger partial charge < -0.3 is 15.5 Å². The van der Waals surface area contributed by atoms with E-state index in [9.17, 15) is 14.4 Å². The number of carbonyl (C=O) groups is 2. The second-order valence-electron chi connectivity index (χ2n) is 7.98. The Morgan fingerprint density at radius 2 is 1.86 bits per heavy atom. The van der Waals surface area contributed by atoms with E-state index in [1.807, 2.05) is 24.0 Å². The molecule has 0 saturated carbocycles. The Labute approximate surface area is 168 Å². The molecule has 2 aliphatic heterocycles. The maximum atomic E-state index is 12.9. The van der Waals surface area contributed by atoms with E-state index >= 15 is 0 Å². The van der Waals surface area contributed by atoms with Crippen molar-refractivity contribution in [3.8, 4) is 0 Å². The molecular formula is C21H25N5O3. The predicted octanol–water partition coefficient (Wildman–Crippen LogP) is 2.38. The lowest BCUT2D eigenvalue weighted by Gasteiger charge is -2.31. The normalized spacial score (nSPS) is 19.4. The molecule has 2 aliphatic rings. The molecule has 1 aromatic carbocycles. The van der Waals surface area contributed by atoms with Gasteiger partial charge in [0, 0.05) is 25.2 Å². The number of fused-ring (bicyclic) bond motifs is 1. The standard InChI is InChI=1S/C21H25N5O3/c1-12-3-5-14(6-4-12)22-19(28)15-11-16(27)23-18-17(15)20(29)25-21(24-18)26-9-7-13(2)8-10-26/h3-6,13,15H,7-11H2,1-2H3,(H,22,28)(H2,23,24,25,27,29). The number of aromatic amines is 1. The van der Waals surface area contributed by atoms with Crippen LogP contribution in [0.5, 0.6) is 0 Å². The number of carbonyl (C=O) groups excluding carboxylic acids is 2. The maximum Gasteiger partial charge on any atom is 0.258 e. The van der Waals surface area contributed by atoms with E-state index in [4.69, 9.17) is 0 Å². The van der Waals surface area contributed by atoms with Crippen molar-refractivity contribution in [2.45, 2.75) is 39.0 Å². The Kier molecular flexibility index (Phi) is 5.08. The van der Waals surface area contributed by atoms with Crippen LogP contribution in [0.25, 0.3) is 0 Å². The fourth-order valence-corrected chi connectivity index (χ4v) is 3.82. The molecule has 8 nitrogen and oxygen atoms in total. The smallest absolute Gasteiger partial charge is 0.258 e. The number of piperidine rings is 1. The molecule has 0 spiro atoms. The Hall–Kier alpha value is -3.16. The van der Waals surface area contributed by atoms with Gasteiger partial charge in [-0.1, -0.05) is 24.6 Å². The summed E-state index contributed by atoms with van der Waals surface area (Å²) in [5, 5.41) is 5.47. The highest BCUT2D eigenvalue weighted by atomic mass is 16.2. The number of aryl methyl sites for hydroxylation is 1. The quantitative estimate of drug-likeness (QED) is 0.740. The van der Waals surface area contributed by atoms with E-state index in [1.165, 1.54) is 0 Å². The highest BCUT2D eigenvalue weighted by Gasteiger charge is 2.35. The lowest BCUT2D eigenvalue weighted by atomic mass is 9.92. The molecule has 0 aliphatic carbocycles. The Morgan fingerprint density at radius 3 is 2.55 bits per heavy atom. The third-order valence-corrected chi connectivity index (χ3v) is 5.66. The van der Waals surface area contributed by atoms with Crippen LogP contribution >= 0.6 is 0 Å². The van der Waals surface area contributed by atoms with Crippen molar-refractivity contribution in [1.29, 1.82) is 0 Å². The summed E-state index contributed by atoms with van der Waals surface area (Å²) in [5.74, 6) is -0.324. The number of anilines is 3. The molecule has 3 heterocycles. The van der Waals surface area contributed by atoms with E-state index in [0.29, 0.717) is 17.6 Å². The molecule has 3 N–H and O–H groups in total. The molecule has 152 valence electrons. The number of hydrogen-bond donors (Lipinski definition) is 3. The Bertz CT molecular complexity index is 990. The van der Waals surface area contributed by atoms with Crippen molar-refractivity contribution < 1.29 is 9.59 Å². The second kappa shape index (κ2) is 7.69. The number of hydrogen-bond acceptors (Lipinski definition) is 5. The third-order valence-electron chi connectivity index (χ3n) is 5.66. The predicted molar refractivity (Wildman–Crippen MR) is 111 cm³/mol. The molecule has 4 rings (SSSR count). The van der Waals surface area contributed by atoms with Crippen LogP contribution in [0.3, 0.4) is 0 Å². The molecule has 1 unspecified atom stereocenters. The van der Waals surface area contributed by atoms with Crippen LogP contribution in [-0.4, -0.2) is 34.9 Å². The fraction of sp³-hybridized carbons (Fsp3) is 0.429. The van der Waals surface area contributed by atoms with Crippen LogP contribution in [-0.2, 0) is 9.59 Å². The fourth-order valence-electron chi connectivity index (χ4n) is 3.82. The lowest BCUT2D eigenvalue weighted by molar-refractivity contribution is -0.123. The average molecular weight is 395 g/mol. The van der Waals surface area contributed by atoms with E-state index in [1.54, 1.807) is 12.1 Å². The summed E-state index contributed by atoms with van der Waals surface area (Å²) in [6.07, 6.45) is 1.96. The minimum absolute atomic E-state index is 0.0873. The summed E-state index contributed by atoms with van der Waals surface area (Å²) in [6.45, 7) is 5.76. The monoisotopic (exact) mass is 395 g/mol. The Morgan fingerprint density at radius 1 is 1.17 bits per heavy atom. The molecule has 2 amide bonds. The van der Waals surface area contributed by atoms with Crippen molar-refractivity contribution >= 4 is 29.3 Å². The van der Waals surface area contributed by atoms with Gasteiger partial charge in [-0.2, -0.15) is 4.98 Å². The first-order valence-corrected chi connectivity index (χ1v) is 9.97. The molecule has 1 fully saturated rings. The number of benzene rings is 1. The van der Waals surface area contributed by atoms with Crippen molar-refractivity contribution in [2.75, 3.05) is 28.6 Å². The van der Waals surface area contributed by atoms with Gasteiger partial charge in [-0.05, 0) is 37.8 Å². The molecule has 0 bridgehead atoms. The van der Waals surface area contributed by atoms with Crippen LogP contribution < -0.4 is 21.1 Å². The molecule has 29 heavy (non-hydrogen) atoms. The largest absolute Gasteiger partial charge is 0.342 e. The number of rotatable bonds is 3. The first-order chi connectivity index (χ1) is 13.9. The van der Waals surface area contributed by atoms with Gasteiger partial charge in [0.1, 0.15) is 5.82 Å². The van der Waals surface area contributed by atoms with Gasteiger partial charge in [-0.15, -0.1) is 0 Å². The zero-order valence-corrected chi connectivity index (χ0v) is 16.6. The third kappa shape index (κ3) is 4.01. The van der Waals surface area contributed by atoms with Gasteiger partial charge in [0.15, 0.2) is 0 Å². The second-order valence-corrected chi connectivity index (χ2v) is 7.98. The van der Waals surface area contributed by atoms with E-state index < -0.39 is 11.8 Å². The van der Waals surface area contributed by atoms with Crippen molar-refractivity contribution in [2.24, 2.45) is 5.92 Å². The molecular weight excluding hydrogens is 370 g/mol. The van der Waals surface area contributed by atoms with Gasteiger partial charge >= 0.3 is 0 Å². The summed E-state index contributed by atoms with van der Waals surface area (Å²) in [5.41, 5.74) is 1.53. The zero-order valence-electron chi connectivity index (χ0n) is 16.6. The summed E-state index contributed by atoms with van der Waals surface area (Å²) in [6, 6.07) is 7.36. The van der Waals surface area contributed by atoms with Crippen LogP contribution in [0, 0.1) is 12.8 Å². The topological polar surface area (TPSA) is 107 Å². The number of nitrogens with zero attached hydrogens (tertiary/aromatic N) is 2. The van der Waals surface area contributed by atoms with Gasteiger partial charge in [-0.3, -0.25) is 19.4 Å². The van der Waals surface area contributed by atoms with Crippen molar-refractivity contribution in [1.82, 2.24) is 9.97 Å². The number of aromatic nitrogens is 2. The minimum atomic E-state index is -0.883. The van der Waals surface area contributed by atoms with Gasteiger partial charge in [0.25, 0.3) is 5.56 Å². The summed E-state index contributed by atoms with van der Waals surface area (Å²) in [4.78, 5) is 47.3. The molecule has 1 atom stereocenters. The molecule has 2 aromatic rings. The van der Waals surface area contributed by atoms with Gasteiger partial charge in [-0.25, -0.2) is 0 Å². The number of nitrogens with one attached hydrogen (secondary N) is 3. The maximum absolute atomic E-state index is 12.9. The zero-order chi connectivity index (χ0) is 20.5. The van der Waals surface area contributed by atoms with Crippen LogP contribution in [0.2, 0.25) is 0 Å². The molecule has 1 aromatic heterocycles. The minimum Gasteiger partial charge on any atom is -0.342 e. The first-order valence-electron chi connectivity index (χ1n) is 9.97. The number of H-pyrrole nitrogens is 1. The van der Waals surface area contributed by atoms with Crippen LogP contribution in [0.4, 0.5) is 17.5 Å². The summed E-state index contributed by atoms with van der Waals surface area (Å²) in [7, 11) is 0. The first kappa shape index (κ1) is 19.2. The molecule has 1 saturated heterocycles. The summed E-state index contributed by atoms with van der Waals surface area (Å²) < 4.78 is 0. The van der Waals surface area contributed by atoms with Gasteiger partial charge in [0.2, 0.25) is 17.8 Å². The molecule has 8 heteroatoms. The van der Waals surface area contributed by atoms with Crippen molar-refractivity contribution in [3.63, 3.8) is 0 Å². The number of amides is 2. The average Bonchev–Trinajstić information content (AvgIpc) is 2.69. The van der Waals surface area contributed by atoms with Crippen molar-refractivity contribution in [3.05, 3.63) is 45.7 Å². The Balaban J connectivity index is 1.62. The highest BCUT2D eigenvalue weighted by molar-refractivity contribution is 6.04. The van der Waals surface area contributed by atoms with E-state index in [2.05, 4.69) is 27.5 Å². The van der Waals surface area contributed by atoms with E-state index in [0.717, 1.165) is 31.5 Å². The SMILES string of the molecule is Cc1ccc(NC(=O)C2CC(=O)Nc3nc(N4CCC(C)CC4)[nH]c(=O)c32)cc1. The van der Waals surface area contributed by atoms with E-state index in [-0.39, 0.29) is 29.3 Å². The lowest BCUT2D eigenvalue weighted by Crippen LogP contribution is -2.39. The van der Waals surface area contributed by atoms with Crippen LogP contribution in [0.15, 0.2) is 29.1 Å². The van der Waals surface area contributed by atoms with Gasteiger partial charge in [0.05, 0.1) is 11.5 Å². The van der Waals surface area contributed by atoms with Crippen LogP contribution in [0.1, 0.15) is 43.2 Å². The molecule has 0 radical (unpaired) electrons. The highest BCUT2D eigenvalue weighted by Crippen LogP contribution is 2.31. The summed E-state index contributed by atoms with van der Waals surface area (Å²) >= 11 is 0.